The Labute approximate surface area is 115 Å². The highest BCUT2D eigenvalue weighted by molar-refractivity contribution is 6.34. The van der Waals surface area contributed by atoms with Gasteiger partial charge in [-0.05, 0) is 25.0 Å². The third-order valence-corrected chi connectivity index (χ3v) is 3.62. The Morgan fingerprint density at radius 2 is 2.17 bits per heavy atom. The molecular formula is C12H14Cl2N2O2. The lowest BCUT2D eigenvalue weighted by atomic mass is 10.0. The number of hydrogen-bond acceptors (Lipinski definition) is 3. The van der Waals surface area contributed by atoms with E-state index in [1.165, 1.54) is 0 Å². The Morgan fingerprint density at radius 3 is 2.78 bits per heavy atom. The molecule has 1 saturated carbocycles. The van der Waals surface area contributed by atoms with Gasteiger partial charge in [-0.3, -0.25) is 0 Å². The number of benzene rings is 1. The topological polar surface area (TPSA) is 67.8 Å². The van der Waals surface area contributed by atoms with Gasteiger partial charge in [0.15, 0.2) is 0 Å². The molecule has 0 aliphatic heterocycles. The van der Waals surface area contributed by atoms with E-state index in [4.69, 9.17) is 38.9 Å². The van der Waals surface area contributed by atoms with Crippen molar-refractivity contribution in [1.29, 1.82) is 0 Å². The Morgan fingerprint density at radius 1 is 1.44 bits per heavy atom. The standard InChI is InChI=1S/C12H14Cl2N2O2/c13-8-1-2-9(14)10(5-8)18-7-12(3-4-12)6-11(15)16-17/h1-2,5,17H,3-4,6-7H2,(H2,15,16). The van der Waals surface area contributed by atoms with E-state index in [-0.39, 0.29) is 11.3 Å². The van der Waals surface area contributed by atoms with Crippen molar-refractivity contribution < 1.29 is 9.94 Å². The van der Waals surface area contributed by atoms with E-state index < -0.39 is 0 Å². The first kappa shape index (κ1) is 13.3. The van der Waals surface area contributed by atoms with Crippen LogP contribution >= 0.6 is 23.2 Å². The van der Waals surface area contributed by atoms with Crippen LogP contribution < -0.4 is 10.5 Å². The van der Waals surface area contributed by atoms with Crippen molar-refractivity contribution in [3.8, 4) is 5.75 Å². The fourth-order valence-electron chi connectivity index (χ4n) is 1.79. The summed E-state index contributed by atoms with van der Waals surface area (Å²) in [5.74, 6) is 0.795. The van der Waals surface area contributed by atoms with E-state index in [0.29, 0.717) is 28.8 Å². The van der Waals surface area contributed by atoms with E-state index in [9.17, 15) is 0 Å². The molecule has 1 fully saturated rings. The summed E-state index contributed by atoms with van der Waals surface area (Å²) in [7, 11) is 0. The fourth-order valence-corrected chi connectivity index (χ4v) is 2.12. The van der Waals surface area contributed by atoms with Gasteiger partial charge in [0.05, 0.1) is 11.6 Å². The SMILES string of the molecule is NC(CC1(COc2cc(Cl)ccc2Cl)CC1)=NO. The van der Waals surface area contributed by atoms with Crippen LogP contribution in [0.1, 0.15) is 19.3 Å². The van der Waals surface area contributed by atoms with Gasteiger partial charge in [-0.15, -0.1) is 0 Å². The molecule has 4 nitrogen and oxygen atoms in total. The first-order valence-electron chi connectivity index (χ1n) is 5.59. The molecule has 1 aromatic carbocycles. The molecule has 1 aromatic rings. The van der Waals surface area contributed by atoms with Crippen molar-refractivity contribution in [3.05, 3.63) is 28.2 Å². The fraction of sp³-hybridized carbons (Fsp3) is 0.417. The first-order valence-corrected chi connectivity index (χ1v) is 6.34. The maximum absolute atomic E-state index is 8.58. The molecule has 1 aliphatic carbocycles. The van der Waals surface area contributed by atoms with Crippen molar-refractivity contribution in [2.75, 3.05) is 6.61 Å². The molecule has 0 heterocycles. The number of rotatable bonds is 5. The number of amidine groups is 1. The zero-order valence-electron chi connectivity index (χ0n) is 9.70. The van der Waals surface area contributed by atoms with E-state index in [1.54, 1.807) is 18.2 Å². The predicted molar refractivity (Wildman–Crippen MR) is 71.6 cm³/mol. The number of oxime groups is 1. The summed E-state index contributed by atoms with van der Waals surface area (Å²) in [6, 6.07) is 5.09. The van der Waals surface area contributed by atoms with Crippen LogP contribution in [0.2, 0.25) is 10.0 Å². The van der Waals surface area contributed by atoms with E-state index in [0.717, 1.165) is 12.8 Å². The molecule has 0 atom stereocenters. The molecule has 6 heteroatoms. The van der Waals surface area contributed by atoms with Gasteiger partial charge in [0.25, 0.3) is 0 Å². The number of nitrogens with zero attached hydrogens (tertiary/aromatic N) is 1. The van der Waals surface area contributed by atoms with E-state index >= 15 is 0 Å². The largest absolute Gasteiger partial charge is 0.491 e. The second-order valence-corrected chi connectivity index (χ2v) is 5.48. The molecule has 0 aromatic heterocycles. The maximum atomic E-state index is 8.58. The van der Waals surface area contributed by atoms with Crippen LogP contribution in [0.3, 0.4) is 0 Å². The van der Waals surface area contributed by atoms with Crippen molar-refractivity contribution in [2.45, 2.75) is 19.3 Å². The lowest BCUT2D eigenvalue weighted by molar-refractivity contribution is 0.236. The average molecular weight is 289 g/mol. The monoisotopic (exact) mass is 288 g/mol. The molecular weight excluding hydrogens is 275 g/mol. The summed E-state index contributed by atoms with van der Waals surface area (Å²) in [5, 5.41) is 12.7. The van der Waals surface area contributed by atoms with E-state index in [2.05, 4.69) is 5.16 Å². The van der Waals surface area contributed by atoms with E-state index in [1.807, 2.05) is 0 Å². The number of ether oxygens (including phenoxy) is 1. The molecule has 0 unspecified atom stereocenters. The van der Waals surface area contributed by atoms with Crippen LogP contribution in [-0.2, 0) is 0 Å². The zero-order chi connectivity index (χ0) is 13.2. The highest BCUT2D eigenvalue weighted by Gasteiger charge is 2.44. The lowest BCUT2D eigenvalue weighted by Gasteiger charge is -2.16. The summed E-state index contributed by atoms with van der Waals surface area (Å²) >= 11 is 11.9. The molecule has 0 radical (unpaired) electrons. The second-order valence-electron chi connectivity index (χ2n) is 4.63. The highest BCUT2D eigenvalue weighted by Crippen LogP contribution is 2.49. The summed E-state index contributed by atoms with van der Waals surface area (Å²) < 4.78 is 5.68. The summed E-state index contributed by atoms with van der Waals surface area (Å²) in [6.45, 7) is 0.489. The van der Waals surface area contributed by atoms with Crippen LogP contribution in [-0.4, -0.2) is 17.6 Å². The number of halogens is 2. The van der Waals surface area contributed by atoms with Crippen LogP contribution in [0, 0.1) is 5.41 Å². The van der Waals surface area contributed by atoms with Gasteiger partial charge in [0, 0.05) is 22.9 Å². The molecule has 3 N–H and O–H groups in total. The Bertz CT molecular complexity index is 473. The van der Waals surface area contributed by atoms with Crippen molar-refractivity contribution >= 4 is 29.0 Å². The first-order chi connectivity index (χ1) is 8.54. The summed E-state index contributed by atoms with van der Waals surface area (Å²) in [4.78, 5) is 0. The third kappa shape index (κ3) is 3.21. The van der Waals surface area contributed by atoms with Crippen LogP contribution in [0.15, 0.2) is 23.4 Å². The van der Waals surface area contributed by atoms with Crippen LogP contribution in [0.4, 0.5) is 0 Å². The second kappa shape index (κ2) is 5.24. The molecule has 0 bridgehead atoms. The van der Waals surface area contributed by atoms with Gasteiger partial charge in [0.1, 0.15) is 11.6 Å². The van der Waals surface area contributed by atoms with Crippen molar-refractivity contribution in [3.63, 3.8) is 0 Å². The minimum absolute atomic E-state index is 0.0258. The third-order valence-electron chi connectivity index (χ3n) is 3.07. The van der Waals surface area contributed by atoms with Gasteiger partial charge in [-0.1, -0.05) is 28.4 Å². The normalized spacial score (nSPS) is 17.6. The van der Waals surface area contributed by atoms with Crippen LogP contribution in [0.25, 0.3) is 0 Å². The minimum atomic E-state index is -0.0258. The van der Waals surface area contributed by atoms with Gasteiger partial charge in [-0.2, -0.15) is 0 Å². The minimum Gasteiger partial charge on any atom is -0.491 e. The summed E-state index contributed by atoms with van der Waals surface area (Å²) in [6.07, 6.45) is 2.53. The van der Waals surface area contributed by atoms with Gasteiger partial charge in [0.2, 0.25) is 0 Å². The lowest BCUT2D eigenvalue weighted by Crippen LogP contribution is -2.22. The Hall–Kier alpha value is -1.13. The van der Waals surface area contributed by atoms with Crippen molar-refractivity contribution in [1.82, 2.24) is 0 Å². The molecule has 0 amide bonds. The maximum Gasteiger partial charge on any atom is 0.139 e. The highest BCUT2D eigenvalue weighted by atomic mass is 35.5. The zero-order valence-corrected chi connectivity index (χ0v) is 11.2. The van der Waals surface area contributed by atoms with Crippen LogP contribution in [0.5, 0.6) is 5.75 Å². The van der Waals surface area contributed by atoms with Gasteiger partial charge < -0.3 is 15.7 Å². The molecule has 98 valence electrons. The van der Waals surface area contributed by atoms with Crippen molar-refractivity contribution in [2.24, 2.45) is 16.3 Å². The molecule has 0 saturated heterocycles. The molecule has 18 heavy (non-hydrogen) atoms. The number of nitrogens with two attached hydrogens (primary N) is 1. The van der Waals surface area contributed by atoms with Gasteiger partial charge >= 0.3 is 0 Å². The smallest absolute Gasteiger partial charge is 0.139 e. The van der Waals surface area contributed by atoms with Gasteiger partial charge in [-0.25, -0.2) is 0 Å². The predicted octanol–water partition coefficient (Wildman–Crippen LogP) is 3.29. The Kier molecular flexibility index (Phi) is 3.88. The summed E-state index contributed by atoms with van der Waals surface area (Å²) in [5.41, 5.74) is 5.49. The quantitative estimate of drug-likeness (QED) is 0.378. The molecule has 0 spiro atoms. The molecule has 2 rings (SSSR count). The Balaban J connectivity index is 1.97. The number of hydrogen-bond donors (Lipinski definition) is 2. The molecule has 1 aliphatic rings. The average Bonchev–Trinajstić information content (AvgIpc) is 3.10.